The fourth-order valence-electron chi connectivity index (χ4n) is 1.74. The second-order valence-corrected chi connectivity index (χ2v) is 4.71. The summed E-state index contributed by atoms with van der Waals surface area (Å²) in [6.45, 7) is 2.71. The summed E-state index contributed by atoms with van der Waals surface area (Å²) >= 11 is 5.96. The molecule has 0 heterocycles. The van der Waals surface area contributed by atoms with Gasteiger partial charge in [0.2, 0.25) is 0 Å². The smallest absolute Gasteiger partial charge is 0.146 e. The largest absolute Gasteiger partial charge is 0.456 e. The van der Waals surface area contributed by atoms with E-state index in [2.05, 4.69) is 5.32 Å². The van der Waals surface area contributed by atoms with E-state index in [4.69, 9.17) is 16.3 Å². The van der Waals surface area contributed by atoms with Crippen LogP contribution in [0.3, 0.4) is 0 Å². The van der Waals surface area contributed by atoms with E-state index >= 15 is 0 Å². The van der Waals surface area contributed by atoms with E-state index in [0.29, 0.717) is 5.75 Å². The van der Waals surface area contributed by atoms with Crippen LogP contribution in [-0.4, -0.2) is 7.05 Å². The van der Waals surface area contributed by atoms with Gasteiger partial charge in [0, 0.05) is 6.54 Å². The first-order valence-corrected chi connectivity index (χ1v) is 6.35. The number of aryl methyl sites for hydroxylation is 1. The Kier molecular flexibility index (Phi) is 4.40. The molecule has 2 nitrogen and oxygen atoms in total. The van der Waals surface area contributed by atoms with Gasteiger partial charge in [0.1, 0.15) is 17.3 Å². The van der Waals surface area contributed by atoms with Gasteiger partial charge in [0.25, 0.3) is 0 Å². The molecule has 0 amide bonds. The van der Waals surface area contributed by atoms with Crippen molar-refractivity contribution >= 4 is 11.6 Å². The molecule has 4 heteroatoms. The topological polar surface area (TPSA) is 21.3 Å². The third kappa shape index (κ3) is 3.46. The Bertz CT molecular complexity index is 586. The number of halogens is 2. The monoisotopic (exact) mass is 279 g/mol. The van der Waals surface area contributed by atoms with Crippen molar-refractivity contribution in [3.05, 3.63) is 58.4 Å². The molecule has 0 fully saturated rings. The van der Waals surface area contributed by atoms with E-state index < -0.39 is 0 Å². The second-order valence-electron chi connectivity index (χ2n) is 4.31. The summed E-state index contributed by atoms with van der Waals surface area (Å²) in [7, 11) is 1.89. The molecule has 0 atom stereocenters. The Balaban J connectivity index is 2.29. The fraction of sp³-hybridized carbons (Fsp3) is 0.200. The van der Waals surface area contributed by atoms with Crippen molar-refractivity contribution in [2.24, 2.45) is 0 Å². The molecule has 0 aliphatic rings. The fourth-order valence-corrected chi connectivity index (χ4v) is 1.95. The lowest BCUT2D eigenvalue weighted by Gasteiger charge is -2.12. The molecule has 100 valence electrons. The van der Waals surface area contributed by atoms with E-state index in [1.807, 2.05) is 32.2 Å². The number of hydrogen-bond acceptors (Lipinski definition) is 2. The average molecular weight is 280 g/mol. The van der Waals surface area contributed by atoms with Crippen molar-refractivity contribution < 1.29 is 9.13 Å². The van der Waals surface area contributed by atoms with Crippen LogP contribution in [0.15, 0.2) is 36.4 Å². The van der Waals surface area contributed by atoms with Crippen molar-refractivity contribution in [1.82, 2.24) is 5.32 Å². The van der Waals surface area contributed by atoms with Crippen molar-refractivity contribution in [2.75, 3.05) is 7.05 Å². The molecule has 0 saturated heterocycles. The molecule has 2 aromatic carbocycles. The van der Waals surface area contributed by atoms with Crippen LogP contribution < -0.4 is 10.1 Å². The molecule has 19 heavy (non-hydrogen) atoms. The standard InChI is InChI=1S/C15H15ClFNO/c1-10-3-4-11(9-18-2)7-15(10)19-14-6-5-12(17)8-13(14)16/h3-8,18H,9H2,1-2H3. The van der Waals surface area contributed by atoms with Gasteiger partial charge in [-0.15, -0.1) is 0 Å². The molecule has 0 spiro atoms. The minimum Gasteiger partial charge on any atom is -0.456 e. The van der Waals surface area contributed by atoms with Gasteiger partial charge in [-0.25, -0.2) is 4.39 Å². The van der Waals surface area contributed by atoms with Crippen LogP contribution in [0.2, 0.25) is 5.02 Å². The molecule has 0 aliphatic heterocycles. The Hall–Kier alpha value is -1.58. The molecule has 0 radical (unpaired) electrons. The minimum absolute atomic E-state index is 0.262. The molecule has 2 aromatic rings. The summed E-state index contributed by atoms with van der Waals surface area (Å²) in [5.74, 6) is 0.798. The first-order chi connectivity index (χ1) is 9.10. The Morgan fingerprint density at radius 1 is 1.16 bits per heavy atom. The lowest BCUT2D eigenvalue weighted by Crippen LogP contribution is -2.05. The summed E-state index contributed by atoms with van der Waals surface area (Å²) < 4.78 is 18.7. The van der Waals surface area contributed by atoms with Crippen LogP contribution in [0.4, 0.5) is 4.39 Å². The molecule has 1 N–H and O–H groups in total. The number of rotatable bonds is 4. The Morgan fingerprint density at radius 2 is 1.95 bits per heavy atom. The van der Waals surface area contributed by atoms with Crippen molar-refractivity contribution in [1.29, 1.82) is 0 Å². The van der Waals surface area contributed by atoms with Crippen LogP contribution in [-0.2, 0) is 6.54 Å². The number of hydrogen-bond donors (Lipinski definition) is 1. The molecule has 0 aromatic heterocycles. The molecule has 0 bridgehead atoms. The summed E-state index contributed by atoms with van der Waals surface area (Å²) in [6.07, 6.45) is 0. The first kappa shape index (κ1) is 13.8. The third-order valence-corrected chi connectivity index (χ3v) is 3.04. The Morgan fingerprint density at radius 3 is 2.63 bits per heavy atom. The zero-order valence-electron chi connectivity index (χ0n) is 10.8. The number of ether oxygens (including phenoxy) is 1. The number of benzene rings is 2. The van der Waals surface area contributed by atoms with Crippen molar-refractivity contribution in [2.45, 2.75) is 13.5 Å². The zero-order chi connectivity index (χ0) is 13.8. The van der Waals surface area contributed by atoms with Gasteiger partial charge in [-0.2, -0.15) is 0 Å². The van der Waals surface area contributed by atoms with E-state index in [-0.39, 0.29) is 10.8 Å². The van der Waals surface area contributed by atoms with E-state index in [1.165, 1.54) is 18.2 Å². The maximum absolute atomic E-state index is 13.0. The van der Waals surface area contributed by atoms with Crippen LogP contribution in [0.5, 0.6) is 11.5 Å². The van der Waals surface area contributed by atoms with Gasteiger partial charge in [-0.1, -0.05) is 23.7 Å². The van der Waals surface area contributed by atoms with Crippen molar-refractivity contribution in [3.8, 4) is 11.5 Å². The molecule has 0 unspecified atom stereocenters. The van der Waals surface area contributed by atoms with Gasteiger partial charge >= 0.3 is 0 Å². The van der Waals surface area contributed by atoms with Crippen LogP contribution in [0.25, 0.3) is 0 Å². The predicted octanol–water partition coefficient (Wildman–Crippen LogP) is 4.30. The summed E-state index contributed by atoms with van der Waals surface area (Å²) in [5.41, 5.74) is 2.11. The lowest BCUT2D eigenvalue weighted by atomic mass is 10.1. The van der Waals surface area contributed by atoms with E-state index in [9.17, 15) is 4.39 Å². The second kappa shape index (κ2) is 6.04. The Labute approximate surface area is 117 Å². The van der Waals surface area contributed by atoms with Gasteiger partial charge < -0.3 is 10.1 Å². The van der Waals surface area contributed by atoms with E-state index in [1.54, 1.807) is 0 Å². The third-order valence-electron chi connectivity index (χ3n) is 2.75. The average Bonchev–Trinajstić information content (AvgIpc) is 2.37. The quantitative estimate of drug-likeness (QED) is 0.901. The number of nitrogens with one attached hydrogen (secondary N) is 1. The molecular formula is C15H15ClFNO. The lowest BCUT2D eigenvalue weighted by molar-refractivity contribution is 0.476. The van der Waals surface area contributed by atoms with Gasteiger partial charge in [-0.05, 0) is 49.4 Å². The highest BCUT2D eigenvalue weighted by molar-refractivity contribution is 6.32. The normalized spacial score (nSPS) is 10.5. The first-order valence-electron chi connectivity index (χ1n) is 5.97. The predicted molar refractivity (Wildman–Crippen MR) is 75.4 cm³/mol. The van der Waals surface area contributed by atoms with Crippen LogP contribution in [0, 0.1) is 12.7 Å². The van der Waals surface area contributed by atoms with Gasteiger partial charge in [0.15, 0.2) is 0 Å². The molecule has 2 rings (SSSR count). The summed E-state index contributed by atoms with van der Waals surface area (Å²) in [4.78, 5) is 0. The summed E-state index contributed by atoms with van der Waals surface area (Å²) in [5, 5.41) is 3.34. The zero-order valence-corrected chi connectivity index (χ0v) is 11.6. The molecule has 0 saturated carbocycles. The van der Waals surface area contributed by atoms with Crippen LogP contribution in [0.1, 0.15) is 11.1 Å². The highest BCUT2D eigenvalue weighted by Gasteiger charge is 2.07. The highest BCUT2D eigenvalue weighted by atomic mass is 35.5. The SMILES string of the molecule is CNCc1ccc(C)c(Oc2ccc(F)cc2Cl)c1. The summed E-state index contributed by atoms with van der Waals surface area (Å²) in [6, 6.07) is 10.1. The van der Waals surface area contributed by atoms with Crippen molar-refractivity contribution in [3.63, 3.8) is 0 Å². The van der Waals surface area contributed by atoms with E-state index in [0.717, 1.165) is 23.4 Å². The minimum atomic E-state index is -0.377. The maximum Gasteiger partial charge on any atom is 0.146 e. The molecular weight excluding hydrogens is 265 g/mol. The maximum atomic E-state index is 13.0. The highest BCUT2D eigenvalue weighted by Crippen LogP contribution is 2.32. The van der Waals surface area contributed by atoms with Crippen LogP contribution >= 0.6 is 11.6 Å². The molecule has 0 aliphatic carbocycles. The van der Waals surface area contributed by atoms with Gasteiger partial charge in [0.05, 0.1) is 5.02 Å². The van der Waals surface area contributed by atoms with Gasteiger partial charge in [-0.3, -0.25) is 0 Å².